The van der Waals surface area contributed by atoms with E-state index in [0.29, 0.717) is 6.04 Å². The van der Waals surface area contributed by atoms with Crippen LogP contribution in [0.25, 0.3) is 0 Å². The van der Waals surface area contributed by atoms with Crippen molar-refractivity contribution in [3.8, 4) is 0 Å². The van der Waals surface area contributed by atoms with Crippen LogP contribution in [0, 0.1) is 0 Å². The summed E-state index contributed by atoms with van der Waals surface area (Å²) >= 11 is 0. The van der Waals surface area contributed by atoms with E-state index < -0.39 is 6.10 Å². The molecule has 2 heterocycles. The Balaban J connectivity index is 2.12. The number of rotatable bonds is 3. The number of pyridine rings is 1. The molecule has 1 aliphatic rings. The molecule has 0 bridgehead atoms. The van der Waals surface area contributed by atoms with Crippen molar-refractivity contribution in [1.29, 1.82) is 0 Å². The van der Waals surface area contributed by atoms with Gasteiger partial charge in [0, 0.05) is 32.5 Å². The number of nitrogens with zero attached hydrogens (tertiary/aromatic N) is 2. The van der Waals surface area contributed by atoms with Gasteiger partial charge in [-0.25, -0.2) is 4.98 Å². The molecule has 0 radical (unpaired) electrons. The lowest BCUT2D eigenvalue weighted by atomic mass is 10.1. The zero-order valence-corrected chi connectivity index (χ0v) is 10.5. The number of aliphatic hydroxyl groups excluding tert-OH is 1. The highest BCUT2D eigenvalue weighted by Crippen LogP contribution is 2.22. The third-order valence-corrected chi connectivity index (χ3v) is 3.35. The summed E-state index contributed by atoms with van der Waals surface area (Å²) in [6, 6.07) is 4.30. The maximum Gasteiger partial charge on any atom is 0.128 e. The predicted molar refractivity (Wildman–Crippen MR) is 67.1 cm³/mol. The standard InChI is InChI=1S/C13H20N2O2/c1-10(16)11-3-6-14-13(9-11)15(2)12-4-7-17-8-5-12/h3,6,9-10,12,16H,4-5,7-8H2,1-2H3/t10-/m1/s1. The van der Waals surface area contributed by atoms with E-state index in [0.717, 1.165) is 37.4 Å². The van der Waals surface area contributed by atoms with Gasteiger partial charge in [0.1, 0.15) is 5.82 Å². The summed E-state index contributed by atoms with van der Waals surface area (Å²) in [5, 5.41) is 9.57. The second kappa shape index (κ2) is 5.47. The van der Waals surface area contributed by atoms with Crippen LogP contribution in [0.4, 0.5) is 5.82 Å². The molecule has 1 aromatic rings. The van der Waals surface area contributed by atoms with Crippen LogP contribution < -0.4 is 4.90 Å². The van der Waals surface area contributed by atoms with E-state index in [4.69, 9.17) is 4.74 Å². The number of hydrogen-bond donors (Lipinski definition) is 1. The lowest BCUT2D eigenvalue weighted by Crippen LogP contribution is -2.37. The van der Waals surface area contributed by atoms with Gasteiger partial charge in [-0.1, -0.05) is 0 Å². The van der Waals surface area contributed by atoms with E-state index in [1.807, 2.05) is 12.1 Å². The van der Waals surface area contributed by atoms with Gasteiger partial charge in [0.05, 0.1) is 6.10 Å². The fourth-order valence-corrected chi connectivity index (χ4v) is 2.15. The van der Waals surface area contributed by atoms with Crippen LogP contribution in [-0.2, 0) is 4.74 Å². The van der Waals surface area contributed by atoms with Gasteiger partial charge in [0.2, 0.25) is 0 Å². The van der Waals surface area contributed by atoms with Crippen LogP contribution in [0.5, 0.6) is 0 Å². The summed E-state index contributed by atoms with van der Waals surface area (Å²) in [6.45, 7) is 3.42. The Hall–Kier alpha value is -1.13. The van der Waals surface area contributed by atoms with E-state index in [-0.39, 0.29) is 0 Å². The summed E-state index contributed by atoms with van der Waals surface area (Å²) in [5.74, 6) is 0.926. The van der Waals surface area contributed by atoms with Crippen molar-refractivity contribution in [2.24, 2.45) is 0 Å². The third-order valence-electron chi connectivity index (χ3n) is 3.35. The first kappa shape index (κ1) is 12.3. The molecular weight excluding hydrogens is 216 g/mol. The lowest BCUT2D eigenvalue weighted by Gasteiger charge is -2.32. The van der Waals surface area contributed by atoms with Crippen molar-refractivity contribution in [2.75, 3.05) is 25.2 Å². The Morgan fingerprint density at radius 2 is 2.18 bits per heavy atom. The number of aromatic nitrogens is 1. The third kappa shape index (κ3) is 2.96. The lowest BCUT2D eigenvalue weighted by molar-refractivity contribution is 0.0853. The molecule has 0 aromatic carbocycles. The Morgan fingerprint density at radius 1 is 1.47 bits per heavy atom. The fourth-order valence-electron chi connectivity index (χ4n) is 2.15. The minimum atomic E-state index is -0.445. The van der Waals surface area contributed by atoms with E-state index >= 15 is 0 Å². The molecule has 1 atom stereocenters. The van der Waals surface area contributed by atoms with E-state index in [1.165, 1.54) is 0 Å². The van der Waals surface area contributed by atoms with Crippen molar-refractivity contribution in [3.05, 3.63) is 23.9 Å². The highest BCUT2D eigenvalue weighted by Gasteiger charge is 2.19. The molecule has 0 unspecified atom stereocenters. The van der Waals surface area contributed by atoms with Crippen molar-refractivity contribution < 1.29 is 9.84 Å². The summed E-state index contributed by atoms with van der Waals surface area (Å²) in [4.78, 5) is 6.56. The van der Waals surface area contributed by atoms with Crippen LogP contribution in [0.2, 0.25) is 0 Å². The molecule has 17 heavy (non-hydrogen) atoms. The minimum absolute atomic E-state index is 0.445. The summed E-state index contributed by atoms with van der Waals surface area (Å²) in [6.07, 6.45) is 3.39. The fraction of sp³-hybridized carbons (Fsp3) is 0.615. The number of hydrogen-bond acceptors (Lipinski definition) is 4. The smallest absolute Gasteiger partial charge is 0.128 e. The first-order valence-electron chi connectivity index (χ1n) is 6.13. The van der Waals surface area contributed by atoms with Crippen molar-refractivity contribution in [1.82, 2.24) is 4.98 Å². The highest BCUT2D eigenvalue weighted by molar-refractivity contribution is 5.41. The molecule has 0 amide bonds. The maximum absolute atomic E-state index is 9.57. The normalized spacial score (nSPS) is 19.0. The van der Waals surface area contributed by atoms with E-state index in [9.17, 15) is 5.11 Å². The average Bonchev–Trinajstić information content (AvgIpc) is 2.39. The van der Waals surface area contributed by atoms with Gasteiger partial charge < -0.3 is 14.7 Å². The van der Waals surface area contributed by atoms with Crippen LogP contribution in [-0.4, -0.2) is 36.4 Å². The SMILES string of the molecule is C[C@@H](O)c1ccnc(N(C)C2CCOCC2)c1. The summed E-state index contributed by atoms with van der Waals surface area (Å²) in [7, 11) is 2.06. The Morgan fingerprint density at radius 3 is 2.82 bits per heavy atom. The van der Waals surface area contributed by atoms with Crippen molar-refractivity contribution in [3.63, 3.8) is 0 Å². The Kier molecular flexibility index (Phi) is 3.97. The predicted octanol–water partition coefficient (Wildman–Crippen LogP) is 1.75. The quantitative estimate of drug-likeness (QED) is 0.868. The number of ether oxygens (including phenoxy) is 1. The molecule has 94 valence electrons. The van der Waals surface area contributed by atoms with Crippen LogP contribution in [0.3, 0.4) is 0 Å². The molecule has 1 N–H and O–H groups in total. The maximum atomic E-state index is 9.57. The van der Waals surface area contributed by atoms with Gasteiger partial charge in [-0.2, -0.15) is 0 Å². The van der Waals surface area contributed by atoms with Gasteiger partial charge in [0.25, 0.3) is 0 Å². The van der Waals surface area contributed by atoms with E-state index in [2.05, 4.69) is 16.9 Å². The minimum Gasteiger partial charge on any atom is -0.389 e. The second-order valence-electron chi connectivity index (χ2n) is 4.58. The topological polar surface area (TPSA) is 45.6 Å². The van der Waals surface area contributed by atoms with Gasteiger partial charge in [0.15, 0.2) is 0 Å². The molecule has 1 fully saturated rings. The molecule has 4 heteroatoms. The molecule has 1 saturated heterocycles. The van der Waals surface area contributed by atoms with Gasteiger partial charge in [-0.05, 0) is 37.5 Å². The summed E-state index contributed by atoms with van der Waals surface area (Å²) < 4.78 is 5.36. The van der Waals surface area contributed by atoms with Gasteiger partial charge in [-0.3, -0.25) is 0 Å². The van der Waals surface area contributed by atoms with Crippen molar-refractivity contribution >= 4 is 5.82 Å². The molecular formula is C13H20N2O2. The van der Waals surface area contributed by atoms with Crippen LogP contribution >= 0.6 is 0 Å². The number of anilines is 1. The van der Waals surface area contributed by atoms with Gasteiger partial charge in [-0.15, -0.1) is 0 Å². The number of aliphatic hydroxyl groups is 1. The molecule has 0 aliphatic carbocycles. The second-order valence-corrected chi connectivity index (χ2v) is 4.58. The van der Waals surface area contributed by atoms with Crippen LogP contribution in [0.15, 0.2) is 18.3 Å². The summed E-state index contributed by atoms with van der Waals surface area (Å²) in [5.41, 5.74) is 0.911. The molecule has 0 saturated carbocycles. The average molecular weight is 236 g/mol. The monoisotopic (exact) mass is 236 g/mol. The first-order chi connectivity index (χ1) is 8.18. The molecule has 1 aromatic heterocycles. The molecule has 0 spiro atoms. The molecule has 4 nitrogen and oxygen atoms in total. The Labute approximate surface area is 102 Å². The van der Waals surface area contributed by atoms with Crippen molar-refractivity contribution in [2.45, 2.75) is 31.9 Å². The first-order valence-corrected chi connectivity index (χ1v) is 6.13. The molecule has 1 aliphatic heterocycles. The largest absolute Gasteiger partial charge is 0.389 e. The van der Waals surface area contributed by atoms with Gasteiger partial charge >= 0.3 is 0 Å². The molecule has 2 rings (SSSR count). The van der Waals surface area contributed by atoms with Crippen LogP contribution in [0.1, 0.15) is 31.4 Å². The zero-order valence-electron chi connectivity index (χ0n) is 10.5. The van der Waals surface area contributed by atoms with E-state index in [1.54, 1.807) is 13.1 Å². The zero-order chi connectivity index (χ0) is 12.3. The highest BCUT2D eigenvalue weighted by atomic mass is 16.5. The Bertz CT molecular complexity index is 362.